The molecule has 0 heterocycles. The van der Waals surface area contributed by atoms with Crippen LogP contribution < -0.4 is 5.73 Å². The van der Waals surface area contributed by atoms with Gasteiger partial charge in [0.05, 0.1) is 0 Å². The highest BCUT2D eigenvalue weighted by molar-refractivity contribution is 5.26. The molecular weight excluding hydrogens is 194 g/mol. The van der Waals surface area contributed by atoms with Gasteiger partial charge in [-0.15, -0.1) is 0 Å². The van der Waals surface area contributed by atoms with Crippen LogP contribution in [0.1, 0.15) is 50.2 Å². The van der Waals surface area contributed by atoms with E-state index in [0.717, 1.165) is 6.54 Å². The van der Waals surface area contributed by atoms with Crippen LogP contribution in [0.2, 0.25) is 0 Å². The third-order valence-corrected chi connectivity index (χ3v) is 4.07. The monoisotopic (exact) mass is 217 g/mol. The zero-order chi connectivity index (χ0) is 11.6. The molecule has 0 radical (unpaired) electrons. The van der Waals surface area contributed by atoms with Crippen molar-refractivity contribution in [3.05, 3.63) is 35.4 Å². The Morgan fingerprint density at radius 2 is 1.81 bits per heavy atom. The molecule has 0 spiro atoms. The van der Waals surface area contributed by atoms with Crippen molar-refractivity contribution in [3.8, 4) is 0 Å². The van der Waals surface area contributed by atoms with E-state index in [1.54, 1.807) is 0 Å². The van der Waals surface area contributed by atoms with E-state index in [-0.39, 0.29) is 0 Å². The molecule has 0 atom stereocenters. The first-order valence-electron chi connectivity index (χ1n) is 6.44. The molecule has 1 fully saturated rings. The molecule has 0 aliphatic heterocycles. The summed E-state index contributed by atoms with van der Waals surface area (Å²) in [4.78, 5) is 0. The summed E-state index contributed by atoms with van der Waals surface area (Å²) >= 11 is 0. The van der Waals surface area contributed by atoms with Crippen LogP contribution in [0.5, 0.6) is 0 Å². The fourth-order valence-corrected chi connectivity index (χ4v) is 2.58. The van der Waals surface area contributed by atoms with Crippen molar-refractivity contribution in [2.75, 3.05) is 6.54 Å². The van der Waals surface area contributed by atoms with Crippen LogP contribution >= 0.6 is 0 Å². The Hall–Kier alpha value is -0.820. The predicted molar refractivity (Wildman–Crippen MR) is 69.6 cm³/mol. The van der Waals surface area contributed by atoms with Gasteiger partial charge >= 0.3 is 0 Å². The Balaban J connectivity index is 2.05. The van der Waals surface area contributed by atoms with Crippen molar-refractivity contribution >= 4 is 0 Å². The lowest BCUT2D eigenvalue weighted by Gasteiger charge is -2.41. The highest BCUT2D eigenvalue weighted by Gasteiger charge is 2.35. The molecule has 1 aliphatic rings. The van der Waals surface area contributed by atoms with Gasteiger partial charge in [-0.1, -0.05) is 44.5 Å². The largest absolute Gasteiger partial charge is 0.330 e. The molecule has 0 aromatic heterocycles. The van der Waals surface area contributed by atoms with E-state index in [4.69, 9.17) is 5.73 Å². The molecule has 0 bridgehead atoms. The lowest BCUT2D eigenvalue weighted by atomic mass is 9.65. The lowest BCUT2D eigenvalue weighted by Crippen LogP contribution is -2.39. The van der Waals surface area contributed by atoms with Gasteiger partial charge in [0.2, 0.25) is 0 Å². The predicted octanol–water partition coefficient (Wildman–Crippen LogP) is 3.48. The van der Waals surface area contributed by atoms with Crippen LogP contribution in [0.3, 0.4) is 0 Å². The Morgan fingerprint density at radius 1 is 1.19 bits per heavy atom. The summed E-state index contributed by atoms with van der Waals surface area (Å²) in [6, 6.07) is 9.10. The lowest BCUT2D eigenvalue weighted by molar-refractivity contribution is 0.145. The van der Waals surface area contributed by atoms with Gasteiger partial charge in [-0.2, -0.15) is 0 Å². The second-order valence-corrected chi connectivity index (χ2v) is 5.63. The van der Waals surface area contributed by atoms with Crippen molar-refractivity contribution in [2.24, 2.45) is 11.1 Å². The minimum absolute atomic E-state index is 0.430. The number of hydrogen-bond donors (Lipinski definition) is 1. The third-order valence-electron chi connectivity index (χ3n) is 4.07. The normalized spacial score (nSPS) is 18.5. The molecule has 2 N–H and O–H groups in total. The number of hydrogen-bond acceptors (Lipinski definition) is 1. The summed E-state index contributed by atoms with van der Waals surface area (Å²) in [6.07, 6.45) is 5.16. The van der Waals surface area contributed by atoms with Crippen LogP contribution in [-0.4, -0.2) is 6.54 Å². The van der Waals surface area contributed by atoms with Crippen LogP contribution in [-0.2, 0) is 6.42 Å². The minimum atomic E-state index is 0.430. The number of rotatable bonds is 4. The van der Waals surface area contributed by atoms with E-state index >= 15 is 0 Å². The van der Waals surface area contributed by atoms with E-state index in [1.807, 2.05) is 0 Å². The molecule has 16 heavy (non-hydrogen) atoms. The molecule has 1 nitrogen and oxygen atoms in total. The first kappa shape index (κ1) is 11.7. The summed E-state index contributed by atoms with van der Waals surface area (Å²) in [6.45, 7) is 5.32. The van der Waals surface area contributed by atoms with Gasteiger partial charge in [0.15, 0.2) is 0 Å². The molecule has 1 aliphatic carbocycles. The summed E-state index contributed by atoms with van der Waals surface area (Å²) in [5.41, 5.74) is 9.21. The van der Waals surface area contributed by atoms with Crippen molar-refractivity contribution in [3.63, 3.8) is 0 Å². The maximum atomic E-state index is 5.89. The molecular formula is C15H23N. The van der Waals surface area contributed by atoms with Gasteiger partial charge in [0.25, 0.3) is 0 Å². The van der Waals surface area contributed by atoms with Crippen molar-refractivity contribution in [2.45, 2.75) is 45.4 Å². The van der Waals surface area contributed by atoms with Crippen molar-refractivity contribution in [1.29, 1.82) is 0 Å². The minimum Gasteiger partial charge on any atom is -0.330 e. The fraction of sp³-hybridized carbons (Fsp3) is 0.600. The van der Waals surface area contributed by atoms with Gasteiger partial charge in [-0.05, 0) is 48.3 Å². The van der Waals surface area contributed by atoms with E-state index in [9.17, 15) is 0 Å². The number of benzene rings is 1. The third kappa shape index (κ3) is 2.30. The standard InChI is InChI=1S/C15H23N/c1-12(2)14-6-4-13(5-7-14)10-15(11-16)8-3-9-15/h4-7,12H,3,8-11,16H2,1-2H3. The van der Waals surface area contributed by atoms with Crippen molar-refractivity contribution in [1.82, 2.24) is 0 Å². The molecule has 1 aromatic carbocycles. The van der Waals surface area contributed by atoms with Crippen LogP contribution in [0.15, 0.2) is 24.3 Å². The fourth-order valence-electron chi connectivity index (χ4n) is 2.58. The Morgan fingerprint density at radius 3 is 2.19 bits per heavy atom. The Labute approximate surface area is 99.0 Å². The van der Waals surface area contributed by atoms with Crippen LogP contribution in [0, 0.1) is 5.41 Å². The molecule has 0 amide bonds. The highest BCUT2D eigenvalue weighted by atomic mass is 14.6. The zero-order valence-corrected chi connectivity index (χ0v) is 10.5. The number of nitrogens with two attached hydrogens (primary N) is 1. The smallest absolute Gasteiger partial charge is 0.00173 e. The maximum absolute atomic E-state index is 5.89. The van der Waals surface area contributed by atoms with Crippen molar-refractivity contribution < 1.29 is 0 Å². The van der Waals surface area contributed by atoms with E-state index < -0.39 is 0 Å². The van der Waals surface area contributed by atoms with E-state index in [1.165, 1.54) is 36.8 Å². The summed E-state index contributed by atoms with van der Waals surface area (Å²) in [7, 11) is 0. The first-order valence-corrected chi connectivity index (χ1v) is 6.44. The molecule has 2 rings (SSSR count). The Kier molecular flexibility index (Phi) is 3.34. The second kappa shape index (κ2) is 4.58. The highest BCUT2D eigenvalue weighted by Crippen LogP contribution is 2.42. The Bertz CT molecular complexity index is 327. The van der Waals surface area contributed by atoms with Gasteiger partial charge < -0.3 is 5.73 Å². The maximum Gasteiger partial charge on any atom is -0.00173 e. The summed E-state index contributed by atoms with van der Waals surface area (Å²) < 4.78 is 0. The summed E-state index contributed by atoms with van der Waals surface area (Å²) in [5.74, 6) is 0.626. The first-order chi connectivity index (χ1) is 7.65. The SMILES string of the molecule is CC(C)c1ccc(CC2(CN)CCC2)cc1. The van der Waals surface area contributed by atoms with E-state index in [0.29, 0.717) is 11.3 Å². The molecule has 1 heteroatoms. The molecule has 1 aromatic rings. The summed E-state index contributed by atoms with van der Waals surface area (Å²) in [5, 5.41) is 0. The van der Waals surface area contributed by atoms with Gasteiger partial charge in [-0.3, -0.25) is 0 Å². The molecule has 0 saturated heterocycles. The second-order valence-electron chi connectivity index (χ2n) is 5.63. The van der Waals surface area contributed by atoms with E-state index in [2.05, 4.69) is 38.1 Å². The molecule has 0 unspecified atom stereocenters. The van der Waals surface area contributed by atoms with Crippen LogP contribution in [0.4, 0.5) is 0 Å². The molecule has 1 saturated carbocycles. The van der Waals surface area contributed by atoms with Gasteiger partial charge in [0, 0.05) is 0 Å². The van der Waals surface area contributed by atoms with Gasteiger partial charge in [0.1, 0.15) is 0 Å². The quantitative estimate of drug-likeness (QED) is 0.821. The zero-order valence-electron chi connectivity index (χ0n) is 10.5. The molecule has 88 valence electrons. The van der Waals surface area contributed by atoms with Crippen LogP contribution in [0.25, 0.3) is 0 Å². The topological polar surface area (TPSA) is 26.0 Å². The average Bonchev–Trinajstić information content (AvgIpc) is 2.24. The van der Waals surface area contributed by atoms with Gasteiger partial charge in [-0.25, -0.2) is 0 Å². The average molecular weight is 217 g/mol.